The summed E-state index contributed by atoms with van der Waals surface area (Å²) in [6, 6.07) is 14.1. The summed E-state index contributed by atoms with van der Waals surface area (Å²) in [5, 5.41) is 13.4. The standard InChI is InChI=1S/C17H15NO3/c1-11-2-7-16-15(8-11)12(9-17(20)21-16)10-18-13-3-5-14(19)6-4-13/h2-9,18-19H,10H2,1H3. The van der Waals surface area contributed by atoms with Crippen LogP contribution in [0.15, 0.2) is 57.7 Å². The van der Waals surface area contributed by atoms with E-state index >= 15 is 0 Å². The predicted molar refractivity (Wildman–Crippen MR) is 82.7 cm³/mol. The number of aryl methyl sites for hydroxylation is 1. The minimum Gasteiger partial charge on any atom is -0.508 e. The molecule has 0 fully saturated rings. The van der Waals surface area contributed by atoms with Gasteiger partial charge in [-0.1, -0.05) is 11.6 Å². The van der Waals surface area contributed by atoms with Crippen molar-refractivity contribution in [3.05, 3.63) is 70.1 Å². The van der Waals surface area contributed by atoms with Gasteiger partial charge in [0.2, 0.25) is 0 Å². The first-order chi connectivity index (χ1) is 10.1. The minimum atomic E-state index is -0.353. The van der Waals surface area contributed by atoms with Crippen LogP contribution < -0.4 is 10.9 Å². The predicted octanol–water partition coefficient (Wildman–Crippen LogP) is 3.42. The summed E-state index contributed by atoms with van der Waals surface area (Å²) in [4.78, 5) is 11.6. The number of anilines is 1. The molecule has 0 bridgehead atoms. The Bertz CT molecular complexity index is 835. The van der Waals surface area contributed by atoms with E-state index in [1.165, 1.54) is 6.07 Å². The lowest BCUT2D eigenvalue weighted by atomic mass is 10.1. The normalized spacial score (nSPS) is 10.7. The van der Waals surface area contributed by atoms with Gasteiger partial charge in [-0.3, -0.25) is 0 Å². The molecule has 0 atom stereocenters. The number of fused-ring (bicyclic) bond motifs is 1. The fourth-order valence-electron chi connectivity index (χ4n) is 2.26. The third kappa shape index (κ3) is 2.89. The molecule has 4 heteroatoms. The van der Waals surface area contributed by atoms with Crippen molar-refractivity contribution in [2.24, 2.45) is 0 Å². The number of hydrogen-bond donors (Lipinski definition) is 2. The smallest absolute Gasteiger partial charge is 0.336 e. The Hall–Kier alpha value is -2.75. The molecule has 0 aliphatic rings. The zero-order valence-corrected chi connectivity index (χ0v) is 11.6. The van der Waals surface area contributed by atoms with Gasteiger partial charge in [0.1, 0.15) is 11.3 Å². The molecule has 0 aliphatic heterocycles. The summed E-state index contributed by atoms with van der Waals surface area (Å²) >= 11 is 0. The lowest BCUT2D eigenvalue weighted by Crippen LogP contribution is -2.05. The molecule has 3 aromatic rings. The number of phenols is 1. The third-order valence-corrected chi connectivity index (χ3v) is 3.33. The molecule has 3 rings (SSSR count). The summed E-state index contributed by atoms with van der Waals surface area (Å²) in [6.45, 7) is 2.51. The Morgan fingerprint density at radius 1 is 1.10 bits per heavy atom. The van der Waals surface area contributed by atoms with Gasteiger partial charge in [-0.25, -0.2) is 4.79 Å². The van der Waals surface area contributed by atoms with Crippen LogP contribution >= 0.6 is 0 Å². The molecule has 0 radical (unpaired) electrons. The van der Waals surface area contributed by atoms with Crippen LogP contribution in [0.4, 0.5) is 5.69 Å². The molecule has 1 aromatic heterocycles. The van der Waals surface area contributed by atoms with Gasteiger partial charge < -0.3 is 14.8 Å². The van der Waals surface area contributed by atoms with E-state index in [1.54, 1.807) is 24.3 Å². The number of rotatable bonds is 3. The molecule has 2 aromatic carbocycles. The first-order valence-electron chi connectivity index (χ1n) is 6.68. The van der Waals surface area contributed by atoms with Gasteiger partial charge >= 0.3 is 5.63 Å². The van der Waals surface area contributed by atoms with Crippen LogP contribution in [-0.4, -0.2) is 5.11 Å². The van der Waals surface area contributed by atoms with Gasteiger partial charge in [0, 0.05) is 23.7 Å². The Morgan fingerprint density at radius 3 is 2.62 bits per heavy atom. The maximum atomic E-state index is 11.6. The molecular weight excluding hydrogens is 266 g/mol. The van der Waals surface area contributed by atoms with Crippen LogP contribution in [0, 0.1) is 6.92 Å². The second-order valence-electron chi connectivity index (χ2n) is 4.99. The van der Waals surface area contributed by atoms with Crippen molar-refractivity contribution in [3.8, 4) is 5.75 Å². The van der Waals surface area contributed by atoms with Gasteiger partial charge in [0.05, 0.1) is 0 Å². The van der Waals surface area contributed by atoms with Crippen molar-refractivity contribution in [2.45, 2.75) is 13.5 Å². The van der Waals surface area contributed by atoms with Crippen molar-refractivity contribution in [1.82, 2.24) is 0 Å². The average molecular weight is 281 g/mol. The molecule has 0 saturated carbocycles. The summed E-state index contributed by atoms with van der Waals surface area (Å²) in [5.74, 6) is 0.224. The lowest BCUT2D eigenvalue weighted by molar-refractivity contribution is 0.475. The van der Waals surface area contributed by atoms with Crippen LogP contribution in [0.25, 0.3) is 11.0 Å². The highest BCUT2D eigenvalue weighted by Gasteiger charge is 2.06. The SMILES string of the molecule is Cc1ccc2oc(=O)cc(CNc3ccc(O)cc3)c2c1. The number of phenolic OH excluding ortho intramolecular Hbond substituents is 1. The van der Waals surface area contributed by atoms with E-state index in [2.05, 4.69) is 5.32 Å². The summed E-state index contributed by atoms with van der Waals surface area (Å²) in [7, 11) is 0. The van der Waals surface area contributed by atoms with Crippen LogP contribution in [0.3, 0.4) is 0 Å². The largest absolute Gasteiger partial charge is 0.508 e. The van der Waals surface area contributed by atoms with Gasteiger partial charge in [-0.2, -0.15) is 0 Å². The lowest BCUT2D eigenvalue weighted by Gasteiger charge is -2.09. The number of nitrogens with one attached hydrogen (secondary N) is 1. The van der Waals surface area contributed by atoms with Gasteiger partial charge in [-0.15, -0.1) is 0 Å². The van der Waals surface area contributed by atoms with E-state index in [1.807, 2.05) is 25.1 Å². The highest BCUT2D eigenvalue weighted by atomic mass is 16.4. The molecule has 106 valence electrons. The first kappa shape index (κ1) is 13.2. The Morgan fingerprint density at radius 2 is 1.86 bits per heavy atom. The highest BCUT2D eigenvalue weighted by Crippen LogP contribution is 2.20. The van der Waals surface area contributed by atoms with E-state index in [-0.39, 0.29) is 11.4 Å². The number of benzene rings is 2. The molecule has 21 heavy (non-hydrogen) atoms. The van der Waals surface area contributed by atoms with Gasteiger partial charge in [0.15, 0.2) is 0 Å². The molecule has 0 unspecified atom stereocenters. The second-order valence-corrected chi connectivity index (χ2v) is 4.99. The molecular formula is C17H15NO3. The van der Waals surface area contributed by atoms with E-state index < -0.39 is 0 Å². The fraction of sp³-hybridized carbons (Fsp3) is 0.118. The molecule has 0 aliphatic carbocycles. The topological polar surface area (TPSA) is 62.5 Å². The van der Waals surface area contributed by atoms with E-state index in [0.717, 1.165) is 22.2 Å². The molecule has 4 nitrogen and oxygen atoms in total. The Kier molecular flexibility index (Phi) is 3.36. The van der Waals surface area contributed by atoms with Crippen LogP contribution in [-0.2, 0) is 6.54 Å². The molecule has 2 N–H and O–H groups in total. The van der Waals surface area contributed by atoms with Crippen molar-refractivity contribution >= 4 is 16.7 Å². The van der Waals surface area contributed by atoms with Crippen molar-refractivity contribution in [2.75, 3.05) is 5.32 Å². The van der Waals surface area contributed by atoms with E-state index in [4.69, 9.17) is 4.42 Å². The van der Waals surface area contributed by atoms with Gasteiger partial charge in [-0.05, 0) is 48.9 Å². The fourth-order valence-corrected chi connectivity index (χ4v) is 2.26. The van der Waals surface area contributed by atoms with Gasteiger partial charge in [0.25, 0.3) is 0 Å². The maximum absolute atomic E-state index is 11.6. The quantitative estimate of drug-likeness (QED) is 0.570. The van der Waals surface area contributed by atoms with Crippen LogP contribution in [0.2, 0.25) is 0 Å². The molecule has 1 heterocycles. The summed E-state index contributed by atoms with van der Waals surface area (Å²) in [5.41, 5.74) is 3.12. The average Bonchev–Trinajstić information content (AvgIpc) is 2.47. The van der Waals surface area contributed by atoms with E-state index in [0.29, 0.717) is 12.1 Å². The second kappa shape index (κ2) is 5.32. The Balaban J connectivity index is 1.94. The zero-order chi connectivity index (χ0) is 14.8. The molecule has 0 saturated heterocycles. The van der Waals surface area contributed by atoms with Crippen molar-refractivity contribution in [3.63, 3.8) is 0 Å². The first-order valence-corrected chi connectivity index (χ1v) is 6.68. The van der Waals surface area contributed by atoms with Crippen LogP contribution in [0.1, 0.15) is 11.1 Å². The summed E-state index contributed by atoms with van der Waals surface area (Å²) in [6.07, 6.45) is 0. The molecule has 0 amide bonds. The zero-order valence-electron chi connectivity index (χ0n) is 11.6. The highest BCUT2D eigenvalue weighted by molar-refractivity contribution is 5.81. The third-order valence-electron chi connectivity index (χ3n) is 3.33. The Labute approximate surface area is 121 Å². The monoisotopic (exact) mass is 281 g/mol. The minimum absolute atomic E-state index is 0.224. The van der Waals surface area contributed by atoms with Crippen LogP contribution in [0.5, 0.6) is 5.75 Å². The number of hydrogen-bond acceptors (Lipinski definition) is 4. The molecule has 0 spiro atoms. The number of aromatic hydroxyl groups is 1. The van der Waals surface area contributed by atoms with E-state index in [9.17, 15) is 9.90 Å². The van der Waals surface area contributed by atoms with Crippen molar-refractivity contribution in [1.29, 1.82) is 0 Å². The maximum Gasteiger partial charge on any atom is 0.336 e. The van der Waals surface area contributed by atoms with Crippen molar-refractivity contribution < 1.29 is 9.52 Å². The summed E-state index contributed by atoms with van der Waals surface area (Å²) < 4.78 is 5.21.